The van der Waals surface area contributed by atoms with E-state index in [9.17, 15) is 4.79 Å². The lowest BCUT2D eigenvalue weighted by Gasteiger charge is -2.29. The van der Waals surface area contributed by atoms with Crippen LogP contribution in [0.25, 0.3) is 11.0 Å². The monoisotopic (exact) mass is 519 g/mol. The number of fused-ring (bicyclic) bond motifs is 1. The number of ether oxygens (including phenoxy) is 1. The number of rotatable bonds is 4. The number of carbonyl (C=O) groups is 1. The minimum atomic E-state index is -0.400. The first-order valence-electron chi connectivity index (χ1n) is 9.16. The molecule has 8 heteroatoms. The Morgan fingerprint density at radius 3 is 2.72 bits per heavy atom. The molecule has 6 nitrogen and oxygen atoms in total. The first-order valence-corrected chi connectivity index (χ1v) is 10.8. The molecule has 2 aromatic carbocycles. The maximum absolute atomic E-state index is 12.4. The second kappa shape index (κ2) is 8.69. The molecule has 1 saturated heterocycles. The van der Waals surface area contributed by atoms with Crippen molar-refractivity contribution in [1.29, 1.82) is 0 Å². The zero-order chi connectivity index (χ0) is 20.4. The average molecular weight is 521 g/mol. The van der Waals surface area contributed by atoms with Gasteiger partial charge in [-0.2, -0.15) is 5.10 Å². The molecule has 1 N–H and O–H groups in total. The standard InChI is InChI=1S/C21H19Br2N3O3/c1-13-8-17(26-4-6-28-7-5-26)3-2-14(13)12-24-25-21(27)19-10-15-9-16(22)11-18(23)20(15)29-19/h2-3,8-12H,4-7H2,1H3,(H,25,27)/b24-12-. The summed E-state index contributed by atoms with van der Waals surface area (Å²) in [6.07, 6.45) is 1.64. The van der Waals surface area contributed by atoms with E-state index in [0.717, 1.165) is 51.8 Å². The van der Waals surface area contributed by atoms with Gasteiger partial charge in [0.25, 0.3) is 0 Å². The van der Waals surface area contributed by atoms with E-state index in [4.69, 9.17) is 9.15 Å². The molecule has 0 aliphatic carbocycles. The number of hydrogen-bond donors (Lipinski definition) is 1. The van der Waals surface area contributed by atoms with Crippen molar-refractivity contribution in [3.63, 3.8) is 0 Å². The summed E-state index contributed by atoms with van der Waals surface area (Å²) < 4.78 is 12.7. The van der Waals surface area contributed by atoms with Crippen molar-refractivity contribution in [3.05, 3.63) is 62.2 Å². The summed E-state index contributed by atoms with van der Waals surface area (Å²) in [6, 6.07) is 11.7. The molecule has 0 radical (unpaired) electrons. The molecular weight excluding hydrogens is 502 g/mol. The molecule has 0 spiro atoms. The van der Waals surface area contributed by atoms with Crippen molar-refractivity contribution in [1.82, 2.24) is 5.43 Å². The summed E-state index contributed by atoms with van der Waals surface area (Å²) in [5.41, 5.74) is 6.36. The van der Waals surface area contributed by atoms with Crippen molar-refractivity contribution in [2.24, 2.45) is 5.10 Å². The lowest BCUT2D eigenvalue weighted by molar-refractivity contribution is 0.0929. The fraction of sp³-hybridized carbons (Fsp3) is 0.238. The highest BCUT2D eigenvalue weighted by atomic mass is 79.9. The quantitative estimate of drug-likeness (QED) is 0.394. The average Bonchev–Trinajstić information content (AvgIpc) is 3.14. The summed E-state index contributed by atoms with van der Waals surface area (Å²) in [5, 5.41) is 4.92. The highest BCUT2D eigenvalue weighted by Gasteiger charge is 2.14. The zero-order valence-electron chi connectivity index (χ0n) is 15.7. The molecule has 3 aromatic rings. The molecule has 2 heterocycles. The van der Waals surface area contributed by atoms with Gasteiger partial charge in [-0.3, -0.25) is 4.79 Å². The van der Waals surface area contributed by atoms with E-state index in [0.29, 0.717) is 5.58 Å². The number of benzene rings is 2. The molecule has 1 aliphatic rings. The summed E-state index contributed by atoms with van der Waals surface area (Å²) in [5.74, 6) is -0.196. The Hall–Kier alpha value is -2.16. The van der Waals surface area contributed by atoms with Gasteiger partial charge in [-0.15, -0.1) is 0 Å². The number of morpholine rings is 1. The number of nitrogens with zero attached hydrogens (tertiary/aromatic N) is 2. The Labute approximate surface area is 185 Å². The minimum Gasteiger partial charge on any atom is -0.450 e. The maximum atomic E-state index is 12.4. The van der Waals surface area contributed by atoms with Gasteiger partial charge in [0.15, 0.2) is 5.76 Å². The molecule has 0 bridgehead atoms. The SMILES string of the molecule is Cc1cc(N2CCOCC2)ccc1/C=N\NC(=O)c1cc2cc(Br)cc(Br)c2o1. The lowest BCUT2D eigenvalue weighted by Crippen LogP contribution is -2.36. The normalized spacial score (nSPS) is 14.7. The smallest absolute Gasteiger partial charge is 0.307 e. The number of amides is 1. The Morgan fingerprint density at radius 1 is 1.17 bits per heavy atom. The fourth-order valence-electron chi connectivity index (χ4n) is 3.23. The van der Waals surface area contributed by atoms with Crippen LogP contribution in [0, 0.1) is 6.92 Å². The molecule has 0 unspecified atom stereocenters. The van der Waals surface area contributed by atoms with Crippen LogP contribution in [0.5, 0.6) is 0 Å². The van der Waals surface area contributed by atoms with Crippen LogP contribution < -0.4 is 10.3 Å². The highest BCUT2D eigenvalue weighted by molar-refractivity contribution is 9.11. The highest BCUT2D eigenvalue weighted by Crippen LogP contribution is 2.31. The van der Waals surface area contributed by atoms with Gasteiger partial charge in [0.2, 0.25) is 0 Å². The fourth-order valence-corrected chi connectivity index (χ4v) is 4.57. The minimum absolute atomic E-state index is 0.204. The van der Waals surface area contributed by atoms with Crippen molar-refractivity contribution in [3.8, 4) is 0 Å². The summed E-state index contributed by atoms with van der Waals surface area (Å²) >= 11 is 6.87. The number of hydrogen-bond acceptors (Lipinski definition) is 5. The predicted molar refractivity (Wildman–Crippen MR) is 121 cm³/mol. The Morgan fingerprint density at radius 2 is 1.97 bits per heavy atom. The van der Waals surface area contributed by atoms with E-state index in [1.165, 1.54) is 5.69 Å². The van der Waals surface area contributed by atoms with E-state index in [1.807, 2.05) is 25.1 Å². The third-order valence-corrected chi connectivity index (χ3v) is 5.81. The molecule has 1 amide bonds. The third kappa shape index (κ3) is 4.55. The molecular formula is C21H19Br2N3O3. The van der Waals surface area contributed by atoms with Crippen molar-refractivity contribution < 1.29 is 13.9 Å². The lowest BCUT2D eigenvalue weighted by atomic mass is 10.1. The molecule has 1 fully saturated rings. The number of furan rings is 1. The van der Waals surface area contributed by atoms with Gasteiger partial charge in [-0.25, -0.2) is 5.43 Å². The van der Waals surface area contributed by atoms with Gasteiger partial charge in [0, 0.05) is 28.6 Å². The number of halogens is 2. The van der Waals surface area contributed by atoms with E-state index < -0.39 is 5.91 Å². The number of anilines is 1. The van der Waals surface area contributed by atoms with E-state index >= 15 is 0 Å². The molecule has 1 aromatic heterocycles. The van der Waals surface area contributed by atoms with Crippen molar-refractivity contribution in [2.45, 2.75) is 6.92 Å². The third-order valence-electron chi connectivity index (χ3n) is 4.76. The van der Waals surface area contributed by atoms with Gasteiger partial charge in [0.05, 0.1) is 23.9 Å². The zero-order valence-corrected chi connectivity index (χ0v) is 18.9. The van der Waals surface area contributed by atoms with Crippen LogP contribution in [-0.2, 0) is 4.74 Å². The Kier molecular flexibility index (Phi) is 6.03. The van der Waals surface area contributed by atoms with Crippen LogP contribution >= 0.6 is 31.9 Å². The number of aryl methyl sites for hydroxylation is 1. The van der Waals surface area contributed by atoms with E-state index in [-0.39, 0.29) is 5.76 Å². The number of nitrogens with one attached hydrogen (secondary N) is 1. The van der Waals surface area contributed by atoms with Crippen LogP contribution in [0.15, 0.2) is 54.9 Å². The molecule has 1 aliphatic heterocycles. The van der Waals surface area contributed by atoms with Crippen LogP contribution in [0.1, 0.15) is 21.7 Å². The second-order valence-corrected chi connectivity index (χ2v) is 8.53. The number of hydrazone groups is 1. The van der Waals surface area contributed by atoms with Crippen molar-refractivity contribution >= 4 is 60.6 Å². The molecule has 29 heavy (non-hydrogen) atoms. The largest absolute Gasteiger partial charge is 0.450 e. The predicted octanol–water partition coefficient (Wildman–Crippen LogP) is 4.87. The van der Waals surface area contributed by atoms with Crippen LogP contribution in [0.3, 0.4) is 0 Å². The summed E-state index contributed by atoms with van der Waals surface area (Å²) in [6.45, 7) is 5.33. The molecule has 4 rings (SSSR count). The van der Waals surface area contributed by atoms with Gasteiger partial charge in [0.1, 0.15) is 5.58 Å². The number of carbonyl (C=O) groups excluding carboxylic acids is 1. The van der Waals surface area contributed by atoms with Gasteiger partial charge >= 0.3 is 5.91 Å². The first-order chi connectivity index (χ1) is 14.0. The maximum Gasteiger partial charge on any atom is 0.307 e. The van der Waals surface area contributed by atoms with Gasteiger partial charge < -0.3 is 14.1 Å². The molecule has 0 atom stereocenters. The first kappa shape index (κ1) is 20.1. The van der Waals surface area contributed by atoms with Crippen LogP contribution in [-0.4, -0.2) is 38.4 Å². The summed E-state index contributed by atoms with van der Waals surface area (Å²) in [7, 11) is 0. The Bertz CT molecular complexity index is 1090. The topological polar surface area (TPSA) is 67.1 Å². The molecule has 150 valence electrons. The van der Waals surface area contributed by atoms with Crippen molar-refractivity contribution in [2.75, 3.05) is 31.2 Å². The van der Waals surface area contributed by atoms with Gasteiger partial charge in [-0.1, -0.05) is 22.0 Å². The Balaban J connectivity index is 1.44. The summed E-state index contributed by atoms with van der Waals surface area (Å²) in [4.78, 5) is 14.7. The van der Waals surface area contributed by atoms with Crippen LogP contribution in [0.4, 0.5) is 5.69 Å². The van der Waals surface area contributed by atoms with Gasteiger partial charge in [-0.05, 0) is 64.3 Å². The van der Waals surface area contributed by atoms with Crippen LogP contribution in [0.2, 0.25) is 0 Å². The second-order valence-electron chi connectivity index (χ2n) is 6.76. The molecule has 0 saturated carbocycles. The van der Waals surface area contributed by atoms with E-state index in [1.54, 1.807) is 12.3 Å². The van der Waals surface area contributed by atoms with E-state index in [2.05, 4.69) is 59.4 Å².